The van der Waals surface area contributed by atoms with Crippen LogP contribution in [0.4, 0.5) is 11.4 Å². The average molecular weight is 503 g/mol. The first-order chi connectivity index (χ1) is 17.4. The van der Waals surface area contributed by atoms with Crippen molar-refractivity contribution in [1.82, 2.24) is 25.3 Å². The van der Waals surface area contributed by atoms with Crippen LogP contribution in [0, 0.1) is 0 Å². The molecule has 3 N–H and O–H groups in total. The molecule has 4 aromatic rings. The second-order valence-corrected chi connectivity index (χ2v) is 10.2. The van der Waals surface area contributed by atoms with Crippen LogP contribution in [0.1, 0.15) is 48.2 Å². The van der Waals surface area contributed by atoms with Gasteiger partial charge in [-0.2, -0.15) is 4.98 Å². The lowest BCUT2D eigenvalue weighted by atomic mass is 10.0. The van der Waals surface area contributed by atoms with Crippen molar-refractivity contribution in [2.24, 2.45) is 0 Å². The summed E-state index contributed by atoms with van der Waals surface area (Å²) in [6, 6.07) is 7.83. The maximum absolute atomic E-state index is 13.2. The highest BCUT2D eigenvalue weighted by molar-refractivity contribution is 6.32. The zero-order valence-electron chi connectivity index (χ0n) is 19.7. The largest absolute Gasteiger partial charge is 0.493 e. The van der Waals surface area contributed by atoms with Gasteiger partial charge in [-0.25, -0.2) is 4.98 Å². The van der Waals surface area contributed by atoms with Crippen molar-refractivity contribution in [3.63, 3.8) is 0 Å². The molecule has 2 atom stereocenters. The van der Waals surface area contributed by atoms with Crippen molar-refractivity contribution < 1.29 is 14.3 Å². The Balaban J connectivity index is 1.42. The molecule has 1 aromatic carbocycles. The third kappa shape index (κ3) is 3.37. The Labute approximate surface area is 211 Å². The van der Waals surface area contributed by atoms with Crippen LogP contribution in [0.15, 0.2) is 36.7 Å². The molecule has 4 heterocycles. The molecule has 7 rings (SSSR count). The molecule has 2 saturated carbocycles. The third-order valence-electron chi connectivity index (χ3n) is 7.18. The summed E-state index contributed by atoms with van der Waals surface area (Å²) in [5, 5.41) is 7.02. The molecular weight excluding hydrogens is 480 g/mol. The van der Waals surface area contributed by atoms with E-state index < -0.39 is 0 Å². The number of methoxy groups -OCH3 is 1. The number of rotatable bonds is 6. The summed E-state index contributed by atoms with van der Waals surface area (Å²) in [5.41, 5.74) is 5.38. The molecule has 1 aliphatic heterocycles. The lowest BCUT2D eigenvalue weighted by molar-refractivity contribution is 0.0944. The fraction of sp³-hybridized carbons (Fsp3) is 0.308. The number of para-hydroxylation sites is 1. The topological polar surface area (TPSA) is 114 Å². The number of aromatic amines is 1. The highest BCUT2D eigenvalue weighted by Crippen LogP contribution is 2.51. The number of fused-ring (bicyclic) bond motifs is 4. The first-order valence-corrected chi connectivity index (χ1v) is 12.3. The number of amides is 1. The molecule has 36 heavy (non-hydrogen) atoms. The van der Waals surface area contributed by atoms with Crippen molar-refractivity contribution in [2.45, 2.75) is 43.7 Å². The van der Waals surface area contributed by atoms with Crippen LogP contribution in [0.3, 0.4) is 0 Å². The van der Waals surface area contributed by atoms with Gasteiger partial charge in [-0.3, -0.25) is 9.78 Å². The van der Waals surface area contributed by atoms with Gasteiger partial charge in [0.1, 0.15) is 16.6 Å². The van der Waals surface area contributed by atoms with E-state index in [1.807, 2.05) is 18.2 Å². The molecule has 0 bridgehead atoms. The van der Waals surface area contributed by atoms with Crippen LogP contribution in [-0.2, 0) is 0 Å². The number of hydrogen-bond acceptors (Lipinski definition) is 7. The van der Waals surface area contributed by atoms with E-state index in [0.717, 1.165) is 36.2 Å². The minimum atomic E-state index is -0.212. The number of pyridine rings is 1. The van der Waals surface area contributed by atoms with E-state index in [9.17, 15) is 4.79 Å². The predicted molar refractivity (Wildman–Crippen MR) is 135 cm³/mol. The van der Waals surface area contributed by atoms with Crippen molar-refractivity contribution in [3.05, 3.63) is 52.9 Å². The average Bonchev–Trinajstić information content (AvgIpc) is 3.76. The van der Waals surface area contributed by atoms with Crippen LogP contribution in [0.5, 0.6) is 11.8 Å². The van der Waals surface area contributed by atoms with E-state index in [4.69, 9.17) is 26.1 Å². The number of nitrogens with one attached hydrogen (secondary N) is 3. The molecule has 9 nitrogen and oxygen atoms in total. The zero-order chi connectivity index (χ0) is 24.6. The number of ether oxygens (including phenoxy) is 2. The number of nitrogens with zero attached hydrogens (tertiary/aromatic N) is 3. The highest BCUT2D eigenvalue weighted by Gasteiger charge is 2.48. The van der Waals surface area contributed by atoms with Crippen LogP contribution in [0.25, 0.3) is 22.3 Å². The standard InChI is InChI=1S/C26H23ClN6O3/c1-26(7-8-26)36-25-29-11-17-19(33-25)12(6-9-28-17)21-22(30-15-5-3-4-14(27)23(15)35-2)18-20(32-21)13-10-16(13)31-24(18)34/h3-6,9,11,13,16,30,32H,7-8,10H2,1-2H3,(H,31,34). The molecule has 0 saturated heterocycles. The summed E-state index contributed by atoms with van der Waals surface area (Å²) < 4.78 is 11.6. The molecular formula is C26H23ClN6O3. The number of aromatic nitrogens is 4. The van der Waals surface area contributed by atoms with Crippen molar-refractivity contribution in [2.75, 3.05) is 12.4 Å². The molecule has 3 aromatic heterocycles. The van der Waals surface area contributed by atoms with Gasteiger partial charge in [0.2, 0.25) is 0 Å². The van der Waals surface area contributed by atoms with Crippen molar-refractivity contribution >= 4 is 39.9 Å². The Bertz CT molecular complexity index is 1560. The fourth-order valence-corrected chi connectivity index (χ4v) is 5.15. The second-order valence-electron chi connectivity index (χ2n) is 9.83. The quantitative estimate of drug-likeness (QED) is 0.341. The second kappa shape index (κ2) is 7.57. The molecule has 2 aliphatic carbocycles. The van der Waals surface area contributed by atoms with Gasteiger partial charge in [0, 0.05) is 29.4 Å². The Morgan fingerprint density at radius 3 is 2.89 bits per heavy atom. The van der Waals surface area contributed by atoms with Gasteiger partial charge in [-0.05, 0) is 44.4 Å². The summed E-state index contributed by atoms with van der Waals surface area (Å²) >= 11 is 6.39. The maximum atomic E-state index is 13.2. The highest BCUT2D eigenvalue weighted by atomic mass is 35.5. The van der Waals surface area contributed by atoms with E-state index in [1.54, 1.807) is 25.6 Å². The van der Waals surface area contributed by atoms with Gasteiger partial charge in [0.25, 0.3) is 5.91 Å². The van der Waals surface area contributed by atoms with Crippen LogP contribution < -0.4 is 20.1 Å². The lowest BCUT2D eigenvalue weighted by Gasteiger charge is -2.17. The number of halogens is 1. The molecule has 0 radical (unpaired) electrons. The van der Waals surface area contributed by atoms with Gasteiger partial charge < -0.3 is 25.1 Å². The Kier molecular flexibility index (Phi) is 4.51. The number of hydrogen-bond donors (Lipinski definition) is 3. The summed E-state index contributed by atoms with van der Waals surface area (Å²) in [6.07, 6.45) is 6.25. The first-order valence-electron chi connectivity index (χ1n) is 11.9. The Morgan fingerprint density at radius 1 is 1.22 bits per heavy atom. The van der Waals surface area contributed by atoms with Crippen molar-refractivity contribution in [3.8, 4) is 23.0 Å². The number of benzene rings is 1. The minimum Gasteiger partial charge on any atom is -0.493 e. The monoisotopic (exact) mass is 502 g/mol. The first kappa shape index (κ1) is 21.4. The molecule has 3 aliphatic rings. The zero-order valence-corrected chi connectivity index (χ0v) is 20.4. The molecule has 0 spiro atoms. The molecule has 2 fully saturated rings. The fourth-order valence-electron chi connectivity index (χ4n) is 4.90. The lowest BCUT2D eigenvalue weighted by Crippen LogP contribution is -2.31. The number of H-pyrrole nitrogens is 1. The van der Waals surface area contributed by atoms with Crippen LogP contribution >= 0.6 is 11.6 Å². The van der Waals surface area contributed by atoms with Gasteiger partial charge >= 0.3 is 6.01 Å². The summed E-state index contributed by atoms with van der Waals surface area (Å²) in [5.74, 6) is 0.633. The van der Waals surface area contributed by atoms with Gasteiger partial charge in [0.15, 0.2) is 5.75 Å². The van der Waals surface area contributed by atoms with E-state index in [-0.39, 0.29) is 23.5 Å². The molecule has 2 unspecified atom stereocenters. The Morgan fingerprint density at radius 2 is 2.08 bits per heavy atom. The summed E-state index contributed by atoms with van der Waals surface area (Å²) in [6.45, 7) is 2.05. The summed E-state index contributed by atoms with van der Waals surface area (Å²) in [4.78, 5) is 30.3. The predicted octanol–water partition coefficient (Wildman–Crippen LogP) is 4.96. The van der Waals surface area contributed by atoms with Crippen LogP contribution in [0.2, 0.25) is 5.02 Å². The Hall–Kier alpha value is -3.85. The molecule has 1 amide bonds. The van der Waals surface area contributed by atoms with E-state index >= 15 is 0 Å². The van der Waals surface area contributed by atoms with E-state index in [2.05, 4.69) is 32.5 Å². The van der Waals surface area contributed by atoms with Crippen molar-refractivity contribution in [1.29, 1.82) is 0 Å². The molecule has 182 valence electrons. The third-order valence-corrected chi connectivity index (χ3v) is 7.48. The van der Waals surface area contributed by atoms with Gasteiger partial charge in [-0.15, -0.1) is 0 Å². The number of anilines is 2. The maximum Gasteiger partial charge on any atom is 0.317 e. The smallest absolute Gasteiger partial charge is 0.317 e. The minimum absolute atomic E-state index is 0.117. The number of carbonyl (C=O) groups excluding carboxylic acids is 1. The normalized spacial score (nSPS) is 20.8. The van der Waals surface area contributed by atoms with Crippen LogP contribution in [-0.4, -0.2) is 44.6 Å². The summed E-state index contributed by atoms with van der Waals surface area (Å²) in [7, 11) is 1.57. The van der Waals surface area contributed by atoms with E-state index in [1.165, 1.54) is 0 Å². The van der Waals surface area contributed by atoms with E-state index in [0.29, 0.717) is 44.8 Å². The molecule has 10 heteroatoms. The SMILES string of the molecule is COc1c(Cl)cccc1Nc1c(-c2ccnc3cnc(OC4(C)CC4)nc23)[nH]c2c1C(=O)NC1CC21. The van der Waals surface area contributed by atoms with Gasteiger partial charge in [-0.1, -0.05) is 17.7 Å². The number of carbonyl (C=O) groups is 1. The van der Waals surface area contributed by atoms with Gasteiger partial charge in [0.05, 0.1) is 41.0 Å².